The van der Waals surface area contributed by atoms with Gasteiger partial charge in [-0.1, -0.05) is 15.9 Å². The summed E-state index contributed by atoms with van der Waals surface area (Å²) >= 11 is 5.15. The molecule has 2 nitrogen and oxygen atoms in total. The number of rotatable bonds is 2. The van der Waals surface area contributed by atoms with Crippen LogP contribution in [0.1, 0.15) is 40.9 Å². The van der Waals surface area contributed by atoms with Crippen LogP contribution in [0.2, 0.25) is 0 Å². The highest BCUT2D eigenvalue weighted by atomic mass is 79.9. The fourth-order valence-electron chi connectivity index (χ4n) is 2.05. The molecule has 16 heavy (non-hydrogen) atoms. The summed E-state index contributed by atoms with van der Waals surface area (Å²) in [6, 6.07) is 2.36. The Morgan fingerprint density at radius 1 is 1.44 bits per heavy atom. The second-order valence-electron chi connectivity index (χ2n) is 4.36. The van der Waals surface area contributed by atoms with Gasteiger partial charge in [-0.15, -0.1) is 11.3 Å². The third-order valence-corrected chi connectivity index (χ3v) is 4.99. The van der Waals surface area contributed by atoms with Gasteiger partial charge in [-0.25, -0.2) is 0 Å². The largest absolute Gasteiger partial charge is 0.349 e. The monoisotopic (exact) mass is 301 g/mol. The number of carbonyl (C=O) groups excluding carboxylic acids is 1. The van der Waals surface area contributed by atoms with Crippen molar-refractivity contribution >= 4 is 33.2 Å². The van der Waals surface area contributed by atoms with E-state index in [4.69, 9.17) is 0 Å². The summed E-state index contributed by atoms with van der Waals surface area (Å²) in [6.45, 7) is 1.99. The van der Waals surface area contributed by atoms with Crippen LogP contribution in [0.15, 0.2) is 11.4 Å². The van der Waals surface area contributed by atoms with Gasteiger partial charge in [0.05, 0.1) is 4.88 Å². The molecule has 0 unspecified atom stereocenters. The SMILES string of the molecule is Cc1ccsc1C(=O)NC1CCC(Br)CC1. The molecule has 88 valence electrons. The van der Waals surface area contributed by atoms with Crippen LogP contribution in [-0.2, 0) is 0 Å². The summed E-state index contributed by atoms with van der Waals surface area (Å²) in [7, 11) is 0. The maximum Gasteiger partial charge on any atom is 0.261 e. The van der Waals surface area contributed by atoms with Gasteiger partial charge in [-0.05, 0) is 49.6 Å². The number of hydrogen-bond donors (Lipinski definition) is 1. The number of aryl methyl sites for hydroxylation is 1. The lowest BCUT2D eigenvalue weighted by Crippen LogP contribution is -2.37. The molecule has 1 N–H and O–H groups in total. The quantitative estimate of drug-likeness (QED) is 0.833. The van der Waals surface area contributed by atoms with Gasteiger partial charge in [0.15, 0.2) is 0 Å². The van der Waals surface area contributed by atoms with E-state index in [1.54, 1.807) is 0 Å². The second-order valence-corrected chi connectivity index (χ2v) is 6.57. The van der Waals surface area contributed by atoms with Crippen molar-refractivity contribution < 1.29 is 4.79 Å². The first-order valence-electron chi connectivity index (χ1n) is 5.66. The molecule has 4 heteroatoms. The molecule has 0 aliphatic heterocycles. The number of carbonyl (C=O) groups is 1. The zero-order valence-electron chi connectivity index (χ0n) is 9.33. The van der Waals surface area contributed by atoms with Crippen LogP contribution in [0.4, 0.5) is 0 Å². The third kappa shape index (κ3) is 2.86. The molecular formula is C12H16BrNOS. The van der Waals surface area contributed by atoms with E-state index in [9.17, 15) is 4.79 Å². The van der Waals surface area contributed by atoms with Crippen molar-refractivity contribution in [3.8, 4) is 0 Å². The first-order valence-corrected chi connectivity index (χ1v) is 7.45. The average Bonchev–Trinajstić information content (AvgIpc) is 2.68. The molecule has 0 spiro atoms. The summed E-state index contributed by atoms with van der Waals surface area (Å²) in [5.41, 5.74) is 1.08. The van der Waals surface area contributed by atoms with E-state index >= 15 is 0 Å². The lowest BCUT2D eigenvalue weighted by Gasteiger charge is -2.25. The van der Waals surface area contributed by atoms with Crippen molar-refractivity contribution in [1.82, 2.24) is 5.32 Å². The summed E-state index contributed by atoms with van der Waals surface area (Å²) in [5.74, 6) is 0.102. The molecule has 0 aromatic carbocycles. The topological polar surface area (TPSA) is 29.1 Å². The maximum absolute atomic E-state index is 12.0. The Balaban J connectivity index is 1.91. The van der Waals surface area contributed by atoms with Crippen molar-refractivity contribution in [2.75, 3.05) is 0 Å². The average molecular weight is 302 g/mol. The number of thiophene rings is 1. The lowest BCUT2D eigenvalue weighted by molar-refractivity contribution is 0.0932. The number of amides is 1. The summed E-state index contributed by atoms with van der Waals surface area (Å²) in [5, 5.41) is 5.11. The molecule has 1 aliphatic rings. The van der Waals surface area contributed by atoms with Crippen LogP contribution in [0, 0.1) is 6.92 Å². The lowest BCUT2D eigenvalue weighted by atomic mass is 9.95. The fourth-order valence-corrected chi connectivity index (χ4v) is 3.41. The zero-order valence-corrected chi connectivity index (χ0v) is 11.7. The van der Waals surface area contributed by atoms with Gasteiger partial charge in [-0.3, -0.25) is 4.79 Å². The number of nitrogens with one attached hydrogen (secondary N) is 1. The minimum absolute atomic E-state index is 0.102. The highest BCUT2D eigenvalue weighted by Crippen LogP contribution is 2.25. The molecule has 2 rings (SSSR count). The van der Waals surface area contributed by atoms with Crippen molar-refractivity contribution in [2.45, 2.75) is 43.5 Å². The van der Waals surface area contributed by atoms with Crippen LogP contribution in [0.25, 0.3) is 0 Å². The molecule has 0 atom stereocenters. The number of halogens is 1. The molecule has 1 aromatic heterocycles. The predicted octanol–water partition coefficient (Wildman–Crippen LogP) is 3.49. The van der Waals surface area contributed by atoms with Gasteiger partial charge < -0.3 is 5.32 Å². The fraction of sp³-hybridized carbons (Fsp3) is 0.583. The van der Waals surface area contributed by atoms with E-state index in [1.807, 2.05) is 18.4 Å². The van der Waals surface area contributed by atoms with Crippen LogP contribution in [-0.4, -0.2) is 16.8 Å². The summed E-state index contributed by atoms with van der Waals surface area (Å²) < 4.78 is 0. The molecule has 0 bridgehead atoms. The first-order chi connectivity index (χ1) is 7.66. The molecule has 1 aliphatic carbocycles. The Labute approximate surface area is 109 Å². The molecule has 0 saturated heterocycles. The minimum Gasteiger partial charge on any atom is -0.349 e. The molecule has 1 aromatic rings. The number of hydrogen-bond acceptors (Lipinski definition) is 2. The molecule has 1 saturated carbocycles. The van der Waals surface area contributed by atoms with Gasteiger partial charge in [0.2, 0.25) is 0 Å². The Morgan fingerprint density at radius 2 is 2.12 bits per heavy atom. The van der Waals surface area contributed by atoms with Gasteiger partial charge in [0.25, 0.3) is 5.91 Å². The Kier molecular flexibility index (Phi) is 4.03. The van der Waals surface area contributed by atoms with Crippen molar-refractivity contribution in [2.24, 2.45) is 0 Å². The number of alkyl halides is 1. The van der Waals surface area contributed by atoms with Crippen molar-refractivity contribution in [3.05, 3.63) is 21.9 Å². The van der Waals surface area contributed by atoms with Crippen LogP contribution < -0.4 is 5.32 Å². The van der Waals surface area contributed by atoms with Crippen molar-refractivity contribution in [1.29, 1.82) is 0 Å². The Bertz CT molecular complexity index is 369. The minimum atomic E-state index is 0.102. The van der Waals surface area contributed by atoms with Crippen LogP contribution >= 0.6 is 27.3 Å². The molecule has 1 amide bonds. The zero-order chi connectivity index (χ0) is 11.5. The van der Waals surface area contributed by atoms with E-state index in [0.29, 0.717) is 10.9 Å². The predicted molar refractivity (Wildman–Crippen MR) is 71.5 cm³/mol. The standard InChI is InChI=1S/C12H16BrNOS/c1-8-6-7-16-11(8)12(15)14-10-4-2-9(13)3-5-10/h6-7,9-10H,2-5H2,1H3,(H,14,15). The normalized spacial score (nSPS) is 25.4. The van der Waals surface area contributed by atoms with E-state index in [0.717, 1.165) is 36.1 Å². The summed E-state index contributed by atoms with van der Waals surface area (Å²) in [6.07, 6.45) is 4.50. The summed E-state index contributed by atoms with van der Waals surface area (Å²) in [4.78, 5) is 13.5. The Hall–Kier alpha value is -0.350. The molecule has 1 fully saturated rings. The van der Waals surface area contributed by atoms with Gasteiger partial charge >= 0.3 is 0 Å². The van der Waals surface area contributed by atoms with E-state index in [1.165, 1.54) is 11.3 Å². The van der Waals surface area contributed by atoms with Crippen LogP contribution in [0.3, 0.4) is 0 Å². The van der Waals surface area contributed by atoms with Crippen molar-refractivity contribution in [3.63, 3.8) is 0 Å². The van der Waals surface area contributed by atoms with E-state index in [-0.39, 0.29) is 5.91 Å². The first kappa shape index (κ1) is 12.1. The smallest absolute Gasteiger partial charge is 0.261 e. The van der Waals surface area contributed by atoms with Gasteiger partial charge in [-0.2, -0.15) is 0 Å². The van der Waals surface area contributed by atoms with Gasteiger partial charge in [0, 0.05) is 10.9 Å². The highest BCUT2D eigenvalue weighted by molar-refractivity contribution is 9.09. The Morgan fingerprint density at radius 3 is 2.69 bits per heavy atom. The van der Waals surface area contributed by atoms with E-state index in [2.05, 4.69) is 21.2 Å². The second kappa shape index (κ2) is 5.32. The highest BCUT2D eigenvalue weighted by Gasteiger charge is 2.21. The van der Waals surface area contributed by atoms with E-state index < -0.39 is 0 Å². The molecular weight excluding hydrogens is 286 g/mol. The molecule has 0 radical (unpaired) electrons. The third-order valence-electron chi connectivity index (χ3n) is 3.06. The maximum atomic E-state index is 12.0. The van der Waals surface area contributed by atoms with Crippen LogP contribution in [0.5, 0.6) is 0 Å². The van der Waals surface area contributed by atoms with Gasteiger partial charge in [0.1, 0.15) is 0 Å². The molecule has 1 heterocycles.